The standard InChI is InChI=1S/C21H26N4O2/c1-2-18-16(14-24-10-5-6-11-24)13-19(27-18)21(26)22-9-8-17-15-25-12-4-3-7-20(25)23-17/h3-4,7,12-13,15H,2,5-6,8-11,14H2,1H3,(H,22,26). The monoisotopic (exact) mass is 366 g/mol. The van der Waals surface area contributed by atoms with E-state index in [0.717, 1.165) is 48.7 Å². The molecule has 0 radical (unpaired) electrons. The molecule has 3 aromatic rings. The van der Waals surface area contributed by atoms with Crippen molar-refractivity contribution in [1.29, 1.82) is 0 Å². The van der Waals surface area contributed by atoms with Gasteiger partial charge in [0.25, 0.3) is 5.91 Å². The Balaban J connectivity index is 1.35. The second kappa shape index (κ2) is 7.96. The van der Waals surface area contributed by atoms with Crippen molar-refractivity contribution in [3.8, 4) is 0 Å². The lowest BCUT2D eigenvalue weighted by atomic mass is 10.2. The molecule has 142 valence electrons. The van der Waals surface area contributed by atoms with Crippen molar-refractivity contribution in [2.45, 2.75) is 39.2 Å². The number of hydrogen-bond donors (Lipinski definition) is 1. The minimum absolute atomic E-state index is 0.152. The summed E-state index contributed by atoms with van der Waals surface area (Å²) in [6.07, 6.45) is 7.98. The van der Waals surface area contributed by atoms with Gasteiger partial charge < -0.3 is 14.1 Å². The highest BCUT2D eigenvalue weighted by Crippen LogP contribution is 2.20. The third kappa shape index (κ3) is 4.06. The molecule has 0 saturated carbocycles. The van der Waals surface area contributed by atoms with Gasteiger partial charge in [-0.2, -0.15) is 0 Å². The zero-order chi connectivity index (χ0) is 18.6. The first kappa shape index (κ1) is 17.8. The molecule has 27 heavy (non-hydrogen) atoms. The number of aromatic nitrogens is 2. The average Bonchev–Trinajstić information content (AvgIpc) is 3.41. The van der Waals surface area contributed by atoms with E-state index < -0.39 is 0 Å². The molecule has 4 heterocycles. The third-order valence-corrected chi connectivity index (χ3v) is 5.11. The highest BCUT2D eigenvalue weighted by molar-refractivity contribution is 5.91. The molecule has 0 unspecified atom stereocenters. The number of furan rings is 1. The van der Waals surface area contributed by atoms with Gasteiger partial charge in [-0.3, -0.25) is 9.69 Å². The largest absolute Gasteiger partial charge is 0.456 e. The van der Waals surface area contributed by atoms with Crippen LogP contribution in [0.3, 0.4) is 0 Å². The molecule has 6 nitrogen and oxygen atoms in total. The SMILES string of the molecule is CCc1oc(C(=O)NCCc2cn3ccccc3n2)cc1CN1CCCC1. The predicted octanol–water partition coefficient (Wildman–Crippen LogP) is 3.06. The van der Waals surface area contributed by atoms with Crippen molar-refractivity contribution in [2.75, 3.05) is 19.6 Å². The minimum atomic E-state index is -0.152. The molecule has 0 spiro atoms. The fourth-order valence-electron chi connectivity index (χ4n) is 3.69. The van der Waals surface area contributed by atoms with Gasteiger partial charge in [-0.15, -0.1) is 0 Å². The number of carbonyl (C=O) groups excluding carboxylic acids is 1. The van der Waals surface area contributed by atoms with Crippen LogP contribution in [0.2, 0.25) is 0 Å². The number of fused-ring (bicyclic) bond motifs is 1. The lowest BCUT2D eigenvalue weighted by molar-refractivity contribution is 0.0924. The van der Waals surface area contributed by atoms with Crippen molar-refractivity contribution in [1.82, 2.24) is 19.6 Å². The number of pyridine rings is 1. The molecular formula is C21H26N4O2. The number of aryl methyl sites for hydroxylation is 1. The van der Waals surface area contributed by atoms with Crippen LogP contribution in [0.15, 0.2) is 41.1 Å². The number of rotatable bonds is 7. The maximum absolute atomic E-state index is 12.5. The highest BCUT2D eigenvalue weighted by Gasteiger charge is 2.19. The first-order valence-corrected chi connectivity index (χ1v) is 9.77. The molecule has 3 aromatic heterocycles. The third-order valence-electron chi connectivity index (χ3n) is 5.11. The van der Waals surface area contributed by atoms with Gasteiger partial charge in [-0.25, -0.2) is 4.98 Å². The van der Waals surface area contributed by atoms with E-state index in [1.807, 2.05) is 41.1 Å². The topological polar surface area (TPSA) is 62.8 Å². The van der Waals surface area contributed by atoms with Crippen LogP contribution in [0, 0.1) is 0 Å². The van der Waals surface area contributed by atoms with Crippen LogP contribution < -0.4 is 5.32 Å². The van der Waals surface area contributed by atoms with Crippen LogP contribution in [0.1, 0.15) is 47.3 Å². The number of carbonyl (C=O) groups is 1. The molecule has 6 heteroatoms. The van der Waals surface area contributed by atoms with Crippen molar-refractivity contribution < 1.29 is 9.21 Å². The number of nitrogens with one attached hydrogen (secondary N) is 1. The van der Waals surface area contributed by atoms with Crippen molar-refractivity contribution >= 4 is 11.6 Å². The summed E-state index contributed by atoms with van der Waals surface area (Å²) < 4.78 is 7.82. The minimum Gasteiger partial charge on any atom is -0.456 e. The summed E-state index contributed by atoms with van der Waals surface area (Å²) in [6.45, 7) is 5.74. The van der Waals surface area contributed by atoms with Gasteiger partial charge in [0.1, 0.15) is 11.4 Å². The van der Waals surface area contributed by atoms with E-state index in [4.69, 9.17) is 4.42 Å². The maximum atomic E-state index is 12.5. The summed E-state index contributed by atoms with van der Waals surface area (Å²) in [7, 11) is 0. The van der Waals surface area contributed by atoms with Crippen LogP contribution in [-0.4, -0.2) is 39.8 Å². The molecular weight excluding hydrogens is 340 g/mol. The molecule has 1 aliphatic rings. The van der Waals surface area contributed by atoms with Crippen LogP contribution >= 0.6 is 0 Å². The number of nitrogens with zero attached hydrogens (tertiary/aromatic N) is 3. The van der Waals surface area contributed by atoms with Gasteiger partial charge in [0, 0.05) is 43.9 Å². The van der Waals surface area contributed by atoms with E-state index in [-0.39, 0.29) is 5.91 Å². The second-order valence-corrected chi connectivity index (χ2v) is 7.10. The smallest absolute Gasteiger partial charge is 0.287 e. The van der Waals surface area contributed by atoms with Gasteiger partial charge in [-0.1, -0.05) is 13.0 Å². The first-order chi connectivity index (χ1) is 13.2. The fraction of sp³-hybridized carbons (Fsp3) is 0.429. The molecule has 4 rings (SSSR count). The average molecular weight is 366 g/mol. The molecule has 1 aliphatic heterocycles. The Bertz CT molecular complexity index is 888. The maximum Gasteiger partial charge on any atom is 0.287 e. The Kier molecular flexibility index (Phi) is 5.25. The Morgan fingerprint density at radius 2 is 2.15 bits per heavy atom. The van der Waals surface area contributed by atoms with Crippen molar-refractivity contribution in [3.63, 3.8) is 0 Å². The summed E-state index contributed by atoms with van der Waals surface area (Å²) in [6, 6.07) is 7.83. The van der Waals surface area contributed by atoms with Gasteiger partial charge in [0.05, 0.1) is 5.69 Å². The molecule has 1 fully saturated rings. The zero-order valence-corrected chi connectivity index (χ0v) is 15.8. The summed E-state index contributed by atoms with van der Waals surface area (Å²) in [5.41, 5.74) is 3.03. The van der Waals surface area contributed by atoms with E-state index in [0.29, 0.717) is 18.7 Å². The van der Waals surface area contributed by atoms with E-state index >= 15 is 0 Å². The van der Waals surface area contributed by atoms with Gasteiger partial charge >= 0.3 is 0 Å². The number of hydrogen-bond acceptors (Lipinski definition) is 4. The van der Waals surface area contributed by atoms with Crippen LogP contribution in [0.5, 0.6) is 0 Å². The van der Waals surface area contributed by atoms with Gasteiger partial charge in [0.2, 0.25) is 0 Å². The van der Waals surface area contributed by atoms with Crippen molar-refractivity contribution in [3.05, 3.63) is 59.4 Å². The fourth-order valence-corrected chi connectivity index (χ4v) is 3.69. The highest BCUT2D eigenvalue weighted by atomic mass is 16.4. The summed E-state index contributed by atoms with van der Waals surface area (Å²) >= 11 is 0. The van der Waals surface area contributed by atoms with E-state index in [2.05, 4.69) is 22.1 Å². The van der Waals surface area contributed by atoms with E-state index in [9.17, 15) is 4.79 Å². The lowest BCUT2D eigenvalue weighted by Gasteiger charge is -2.13. The van der Waals surface area contributed by atoms with Gasteiger partial charge in [0.15, 0.2) is 5.76 Å². The molecule has 1 saturated heterocycles. The number of imidazole rings is 1. The van der Waals surface area contributed by atoms with Crippen LogP contribution in [0.25, 0.3) is 5.65 Å². The Morgan fingerprint density at radius 3 is 2.93 bits per heavy atom. The van der Waals surface area contributed by atoms with Crippen LogP contribution in [-0.2, 0) is 19.4 Å². The predicted molar refractivity (Wildman–Crippen MR) is 104 cm³/mol. The summed E-state index contributed by atoms with van der Waals surface area (Å²) in [5, 5.41) is 2.95. The summed E-state index contributed by atoms with van der Waals surface area (Å²) in [5.74, 6) is 1.18. The zero-order valence-electron chi connectivity index (χ0n) is 15.8. The normalized spacial score (nSPS) is 14.9. The van der Waals surface area contributed by atoms with Gasteiger partial charge in [-0.05, 0) is 44.1 Å². The van der Waals surface area contributed by atoms with Crippen LogP contribution in [0.4, 0.5) is 0 Å². The summed E-state index contributed by atoms with van der Waals surface area (Å²) in [4.78, 5) is 19.5. The van der Waals surface area contributed by atoms with E-state index in [1.165, 1.54) is 12.8 Å². The second-order valence-electron chi connectivity index (χ2n) is 7.10. The molecule has 1 N–H and O–H groups in total. The Hall–Kier alpha value is -2.60. The molecule has 0 bridgehead atoms. The Morgan fingerprint density at radius 1 is 1.30 bits per heavy atom. The molecule has 0 atom stereocenters. The number of amides is 1. The van der Waals surface area contributed by atoms with Crippen molar-refractivity contribution in [2.24, 2.45) is 0 Å². The number of likely N-dealkylation sites (tertiary alicyclic amines) is 1. The first-order valence-electron chi connectivity index (χ1n) is 9.77. The molecule has 0 aliphatic carbocycles. The molecule has 1 amide bonds. The van der Waals surface area contributed by atoms with E-state index in [1.54, 1.807) is 0 Å². The Labute approximate surface area is 159 Å². The lowest BCUT2D eigenvalue weighted by Crippen LogP contribution is -2.25. The quantitative estimate of drug-likeness (QED) is 0.698. The molecule has 0 aromatic carbocycles.